The predicted octanol–water partition coefficient (Wildman–Crippen LogP) is 3.31. The molecule has 144 valence electrons. The summed E-state index contributed by atoms with van der Waals surface area (Å²) in [5, 5.41) is 8.37. The summed E-state index contributed by atoms with van der Waals surface area (Å²) in [6.07, 6.45) is 0.0347. The van der Waals surface area contributed by atoms with Crippen LogP contribution in [0.15, 0.2) is 47.4 Å². The van der Waals surface area contributed by atoms with Crippen LogP contribution < -0.4 is 20.9 Å². The molecule has 1 atom stereocenters. The lowest BCUT2D eigenvalue weighted by molar-refractivity contribution is -0.120. The van der Waals surface area contributed by atoms with Gasteiger partial charge in [0.1, 0.15) is 0 Å². The summed E-state index contributed by atoms with van der Waals surface area (Å²) in [7, 11) is 0. The molecule has 0 aliphatic carbocycles. The van der Waals surface area contributed by atoms with E-state index in [0.717, 1.165) is 4.90 Å². The highest BCUT2D eigenvalue weighted by atomic mass is 35.5. The third-order valence-electron chi connectivity index (χ3n) is 4.43. The van der Waals surface area contributed by atoms with E-state index in [2.05, 4.69) is 16.0 Å². The normalized spacial score (nSPS) is 18.3. The fourth-order valence-corrected chi connectivity index (χ4v) is 4.37. The number of carbonyl (C=O) groups excluding carboxylic acids is 3. The van der Waals surface area contributed by atoms with Crippen molar-refractivity contribution in [3.8, 4) is 0 Å². The Kier molecular flexibility index (Phi) is 5.15. The number of halogens is 1. The van der Waals surface area contributed by atoms with E-state index in [1.807, 2.05) is 12.1 Å². The van der Waals surface area contributed by atoms with Crippen LogP contribution in [0.1, 0.15) is 6.42 Å². The maximum absolute atomic E-state index is 12.5. The van der Waals surface area contributed by atoms with Crippen molar-refractivity contribution in [2.75, 3.05) is 28.6 Å². The van der Waals surface area contributed by atoms with Gasteiger partial charge in [-0.15, -0.1) is 11.8 Å². The number of amides is 4. The molecule has 9 heteroatoms. The molecule has 7 nitrogen and oxygen atoms in total. The molecule has 4 rings (SSSR count). The van der Waals surface area contributed by atoms with Crippen molar-refractivity contribution >= 4 is 58.3 Å². The van der Waals surface area contributed by atoms with E-state index < -0.39 is 5.25 Å². The van der Waals surface area contributed by atoms with Crippen molar-refractivity contribution in [3.63, 3.8) is 0 Å². The van der Waals surface area contributed by atoms with Gasteiger partial charge in [0.05, 0.1) is 10.9 Å². The zero-order valence-electron chi connectivity index (χ0n) is 14.7. The van der Waals surface area contributed by atoms with Gasteiger partial charge < -0.3 is 16.0 Å². The van der Waals surface area contributed by atoms with Crippen LogP contribution in [0, 0.1) is 0 Å². The van der Waals surface area contributed by atoms with Crippen molar-refractivity contribution in [2.45, 2.75) is 16.6 Å². The second kappa shape index (κ2) is 7.73. The number of anilines is 3. The minimum atomic E-state index is -0.527. The Labute approximate surface area is 170 Å². The van der Waals surface area contributed by atoms with Gasteiger partial charge in [0.25, 0.3) is 0 Å². The Morgan fingerprint density at radius 3 is 2.89 bits per heavy atom. The number of nitrogens with zero attached hydrogens (tertiary/aromatic N) is 1. The Hall–Kier alpha value is -2.71. The fourth-order valence-electron chi connectivity index (χ4n) is 3.11. The van der Waals surface area contributed by atoms with Gasteiger partial charge in [-0.1, -0.05) is 17.7 Å². The number of benzene rings is 2. The highest BCUT2D eigenvalue weighted by Gasteiger charge is 2.29. The molecule has 2 aromatic rings. The smallest absolute Gasteiger partial charge is 0.321 e. The van der Waals surface area contributed by atoms with Gasteiger partial charge in [0, 0.05) is 40.8 Å². The lowest BCUT2D eigenvalue weighted by Crippen LogP contribution is -2.32. The average molecular weight is 417 g/mol. The molecule has 0 spiro atoms. The summed E-state index contributed by atoms with van der Waals surface area (Å²) in [6.45, 7) is 1.18. The standard InChI is InChI=1S/C19H17ClN4O3S/c20-11-4-5-15-14(8-11)23-18(26)16(28-15)10-17(25)22-12-2-1-3-13(9-12)24-7-6-21-19(24)27/h1-5,8-9,16H,6-7,10H2,(H,21,27)(H,22,25)(H,23,26). The molecule has 0 bridgehead atoms. The van der Waals surface area contributed by atoms with Gasteiger partial charge in [-0.25, -0.2) is 4.79 Å². The Morgan fingerprint density at radius 1 is 1.25 bits per heavy atom. The van der Waals surface area contributed by atoms with E-state index in [9.17, 15) is 14.4 Å². The highest BCUT2D eigenvalue weighted by molar-refractivity contribution is 8.01. The van der Waals surface area contributed by atoms with E-state index in [0.29, 0.717) is 35.2 Å². The number of hydrogen-bond donors (Lipinski definition) is 3. The van der Waals surface area contributed by atoms with Gasteiger partial charge >= 0.3 is 6.03 Å². The third-order valence-corrected chi connectivity index (χ3v) is 5.94. The average Bonchev–Trinajstić information content (AvgIpc) is 3.09. The molecule has 3 N–H and O–H groups in total. The van der Waals surface area contributed by atoms with Crippen LogP contribution in [0.4, 0.5) is 21.9 Å². The largest absolute Gasteiger partial charge is 0.336 e. The highest BCUT2D eigenvalue weighted by Crippen LogP contribution is 2.38. The summed E-state index contributed by atoms with van der Waals surface area (Å²) in [4.78, 5) is 39.1. The van der Waals surface area contributed by atoms with Crippen LogP contribution in [0.2, 0.25) is 5.02 Å². The first-order valence-electron chi connectivity index (χ1n) is 8.72. The molecule has 1 unspecified atom stereocenters. The summed E-state index contributed by atoms with van der Waals surface area (Å²) in [6, 6.07) is 12.2. The topological polar surface area (TPSA) is 90.5 Å². The van der Waals surface area contributed by atoms with E-state index in [1.165, 1.54) is 11.8 Å². The summed E-state index contributed by atoms with van der Waals surface area (Å²) in [5.41, 5.74) is 1.95. The SMILES string of the molecule is O=C(CC1Sc2ccc(Cl)cc2NC1=O)Nc1cccc(N2CCNC2=O)c1. The lowest BCUT2D eigenvalue weighted by atomic mass is 10.2. The van der Waals surface area contributed by atoms with Crippen molar-refractivity contribution < 1.29 is 14.4 Å². The van der Waals surface area contributed by atoms with Crippen LogP contribution in [0.5, 0.6) is 0 Å². The molecule has 28 heavy (non-hydrogen) atoms. The minimum Gasteiger partial charge on any atom is -0.336 e. The van der Waals surface area contributed by atoms with E-state index in [-0.39, 0.29) is 24.3 Å². The maximum atomic E-state index is 12.5. The van der Waals surface area contributed by atoms with Crippen LogP contribution in [-0.4, -0.2) is 36.2 Å². The predicted molar refractivity (Wildman–Crippen MR) is 110 cm³/mol. The van der Waals surface area contributed by atoms with E-state index in [1.54, 1.807) is 35.2 Å². The number of thioether (sulfide) groups is 1. The van der Waals surface area contributed by atoms with Crippen LogP contribution in [-0.2, 0) is 9.59 Å². The fraction of sp³-hybridized carbons (Fsp3) is 0.211. The molecule has 0 radical (unpaired) electrons. The first-order valence-corrected chi connectivity index (χ1v) is 9.98. The molecule has 2 aliphatic rings. The van der Waals surface area contributed by atoms with Crippen molar-refractivity contribution in [1.82, 2.24) is 5.32 Å². The second-order valence-corrected chi connectivity index (χ2v) is 8.10. The molecular weight excluding hydrogens is 400 g/mol. The molecular formula is C19H17ClN4O3S. The van der Waals surface area contributed by atoms with Gasteiger partial charge in [-0.2, -0.15) is 0 Å². The van der Waals surface area contributed by atoms with Gasteiger partial charge in [-0.3, -0.25) is 14.5 Å². The summed E-state index contributed by atoms with van der Waals surface area (Å²) < 4.78 is 0. The molecule has 2 aliphatic heterocycles. The van der Waals surface area contributed by atoms with E-state index in [4.69, 9.17) is 11.6 Å². The molecule has 1 saturated heterocycles. The maximum Gasteiger partial charge on any atom is 0.321 e. The molecule has 4 amide bonds. The summed E-state index contributed by atoms with van der Waals surface area (Å²) >= 11 is 7.29. The Bertz CT molecular complexity index is 968. The number of urea groups is 1. The van der Waals surface area contributed by atoms with Crippen LogP contribution >= 0.6 is 23.4 Å². The first-order chi connectivity index (χ1) is 13.5. The van der Waals surface area contributed by atoms with Gasteiger partial charge in [-0.05, 0) is 36.4 Å². The van der Waals surface area contributed by atoms with Crippen molar-refractivity contribution in [2.24, 2.45) is 0 Å². The van der Waals surface area contributed by atoms with E-state index >= 15 is 0 Å². The van der Waals surface area contributed by atoms with Crippen molar-refractivity contribution in [3.05, 3.63) is 47.5 Å². The summed E-state index contributed by atoms with van der Waals surface area (Å²) in [5.74, 6) is -0.495. The zero-order valence-corrected chi connectivity index (χ0v) is 16.3. The molecule has 2 heterocycles. The second-order valence-electron chi connectivity index (χ2n) is 6.42. The monoisotopic (exact) mass is 416 g/mol. The minimum absolute atomic E-state index is 0.0347. The van der Waals surface area contributed by atoms with Crippen LogP contribution in [0.3, 0.4) is 0 Å². The quantitative estimate of drug-likeness (QED) is 0.713. The Morgan fingerprint density at radius 2 is 2.11 bits per heavy atom. The molecule has 1 fully saturated rings. The van der Waals surface area contributed by atoms with Crippen LogP contribution in [0.25, 0.3) is 0 Å². The first kappa shape index (κ1) is 18.6. The van der Waals surface area contributed by atoms with Gasteiger partial charge in [0.15, 0.2) is 0 Å². The Balaban J connectivity index is 1.41. The van der Waals surface area contributed by atoms with Crippen molar-refractivity contribution in [1.29, 1.82) is 0 Å². The number of fused-ring (bicyclic) bond motifs is 1. The molecule has 0 aromatic heterocycles. The number of carbonyl (C=O) groups is 3. The zero-order chi connectivity index (χ0) is 19.7. The number of rotatable bonds is 4. The van der Waals surface area contributed by atoms with Gasteiger partial charge in [0.2, 0.25) is 11.8 Å². The molecule has 0 saturated carbocycles. The lowest BCUT2D eigenvalue weighted by Gasteiger charge is -2.24. The number of hydrogen-bond acceptors (Lipinski definition) is 4. The number of nitrogens with one attached hydrogen (secondary N) is 3. The third kappa shape index (κ3) is 3.93. The molecule has 2 aromatic carbocycles.